The van der Waals surface area contributed by atoms with Crippen LogP contribution in [0, 0.1) is 0 Å². The van der Waals surface area contributed by atoms with Gasteiger partial charge in [0.1, 0.15) is 6.61 Å². The van der Waals surface area contributed by atoms with E-state index in [1.165, 1.54) is 6.07 Å². The molecule has 0 aliphatic heterocycles. The summed E-state index contributed by atoms with van der Waals surface area (Å²) in [4.78, 5) is 14.1. The Bertz CT molecular complexity index is 433. The van der Waals surface area contributed by atoms with E-state index in [1.807, 2.05) is 6.92 Å². The van der Waals surface area contributed by atoms with Gasteiger partial charge in [-0.1, -0.05) is 37.0 Å². The first kappa shape index (κ1) is 16.3. The molecule has 0 bridgehead atoms. The first-order valence-corrected chi connectivity index (χ1v) is 7.11. The van der Waals surface area contributed by atoms with Gasteiger partial charge in [-0.25, -0.2) is 4.79 Å². The van der Waals surface area contributed by atoms with E-state index in [-0.39, 0.29) is 6.04 Å². The van der Waals surface area contributed by atoms with Gasteiger partial charge in [0.25, 0.3) is 0 Å². The molecule has 0 saturated heterocycles. The van der Waals surface area contributed by atoms with E-state index in [0.717, 1.165) is 13.1 Å². The molecule has 1 atom stereocenters. The molecule has 1 unspecified atom stereocenters. The molecule has 0 aliphatic rings. The molecule has 1 rings (SSSR count). The molecule has 0 heterocycles. The number of hydrogen-bond acceptors (Lipinski definition) is 3. The van der Waals surface area contributed by atoms with Crippen LogP contribution < -0.4 is 0 Å². The van der Waals surface area contributed by atoms with Crippen molar-refractivity contribution < 1.29 is 9.53 Å². The van der Waals surface area contributed by atoms with E-state index in [4.69, 9.17) is 27.9 Å². The van der Waals surface area contributed by atoms with Crippen molar-refractivity contribution in [1.29, 1.82) is 0 Å². The third-order valence-electron chi connectivity index (χ3n) is 3.04. The second-order valence-corrected chi connectivity index (χ2v) is 5.14. The summed E-state index contributed by atoms with van der Waals surface area (Å²) in [5.41, 5.74) is 0.345. The molecule has 0 aliphatic carbocycles. The summed E-state index contributed by atoms with van der Waals surface area (Å²) in [6, 6.07) is 4.92. The van der Waals surface area contributed by atoms with Gasteiger partial charge in [-0.2, -0.15) is 0 Å². The number of rotatable bonds is 6. The summed E-state index contributed by atoms with van der Waals surface area (Å²) in [5.74, 6) is -0.416. The van der Waals surface area contributed by atoms with Crippen LogP contribution in [0.5, 0.6) is 0 Å². The Morgan fingerprint density at radius 3 is 2.47 bits per heavy atom. The van der Waals surface area contributed by atoms with Crippen LogP contribution in [-0.2, 0) is 4.74 Å². The largest absolute Gasteiger partial charge is 0.460 e. The highest BCUT2D eigenvalue weighted by atomic mass is 35.5. The SMILES string of the molecule is CCN(CC)C(C)COC(=O)c1ccc(Cl)cc1Cl. The normalized spacial score (nSPS) is 12.5. The lowest BCUT2D eigenvalue weighted by atomic mass is 10.2. The smallest absolute Gasteiger partial charge is 0.339 e. The van der Waals surface area contributed by atoms with E-state index >= 15 is 0 Å². The summed E-state index contributed by atoms with van der Waals surface area (Å²) in [6.45, 7) is 8.40. The Morgan fingerprint density at radius 1 is 1.32 bits per heavy atom. The van der Waals surface area contributed by atoms with Gasteiger partial charge in [-0.3, -0.25) is 4.90 Å². The van der Waals surface area contributed by atoms with Crippen LogP contribution >= 0.6 is 23.2 Å². The number of esters is 1. The molecule has 0 fully saturated rings. The molecule has 106 valence electrons. The number of halogens is 2. The third-order valence-corrected chi connectivity index (χ3v) is 3.59. The Kier molecular flexibility index (Phi) is 6.63. The second-order valence-electron chi connectivity index (χ2n) is 4.29. The van der Waals surface area contributed by atoms with Crippen LogP contribution in [0.3, 0.4) is 0 Å². The van der Waals surface area contributed by atoms with E-state index in [9.17, 15) is 4.79 Å². The predicted molar refractivity (Wildman–Crippen MR) is 79.1 cm³/mol. The summed E-state index contributed by atoms with van der Waals surface area (Å²) >= 11 is 11.7. The van der Waals surface area contributed by atoms with Gasteiger partial charge in [0.05, 0.1) is 10.6 Å². The van der Waals surface area contributed by atoms with Gasteiger partial charge in [0, 0.05) is 11.1 Å². The number of ether oxygens (including phenoxy) is 1. The van der Waals surface area contributed by atoms with Crippen molar-refractivity contribution in [3.8, 4) is 0 Å². The Labute approximate surface area is 124 Å². The van der Waals surface area contributed by atoms with Crippen molar-refractivity contribution in [2.24, 2.45) is 0 Å². The number of carbonyl (C=O) groups is 1. The van der Waals surface area contributed by atoms with Gasteiger partial charge in [0.2, 0.25) is 0 Å². The standard InChI is InChI=1S/C14H19Cl2NO2/c1-4-17(5-2)10(3)9-19-14(18)12-7-6-11(15)8-13(12)16/h6-8,10H,4-5,9H2,1-3H3. The fraction of sp³-hybridized carbons (Fsp3) is 0.500. The lowest BCUT2D eigenvalue weighted by molar-refractivity contribution is 0.0382. The van der Waals surface area contributed by atoms with Crippen molar-refractivity contribution in [2.45, 2.75) is 26.8 Å². The molecule has 5 heteroatoms. The van der Waals surface area contributed by atoms with E-state index in [2.05, 4.69) is 18.7 Å². The zero-order valence-electron chi connectivity index (χ0n) is 11.5. The lowest BCUT2D eigenvalue weighted by Crippen LogP contribution is -2.36. The molecule has 19 heavy (non-hydrogen) atoms. The van der Waals surface area contributed by atoms with Gasteiger partial charge in [0.15, 0.2) is 0 Å². The maximum Gasteiger partial charge on any atom is 0.339 e. The van der Waals surface area contributed by atoms with Crippen molar-refractivity contribution in [3.63, 3.8) is 0 Å². The number of carbonyl (C=O) groups excluding carboxylic acids is 1. The number of benzene rings is 1. The average Bonchev–Trinajstić information content (AvgIpc) is 2.37. The molecule has 0 spiro atoms. The maximum absolute atomic E-state index is 11.9. The zero-order valence-corrected chi connectivity index (χ0v) is 13.0. The minimum atomic E-state index is -0.416. The monoisotopic (exact) mass is 303 g/mol. The molecule has 0 aromatic heterocycles. The van der Waals surface area contributed by atoms with Crippen LogP contribution in [-0.4, -0.2) is 36.6 Å². The van der Waals surface area contributed by atoms with Gasteiger partial charge in [-0.15, -0.1) is 0 Å². The van der Waals surface area contributed by atoms with Crippen LogP contribution in [0.25, 0.3) is 0 Å². The topological polar surface area (TPSA) is 29.5 Å². The number of likely N-dealkylation sites (N-methyl/N-ethyl adjacent to an activating group) is 1. The van der Waals surface area contributed by atoms with E-state index in [1.54, 1.807) is 12.1 Å². The molecule has 3 nitrogen and oxygen atoms in total. The minimum absolute atomic E-state index is 0.185. The van der Waals surface area contributed by atoms with E-state index in [0.29, 0.717) is 22.2 Å². The Balaban J connectivity index is 2.60. The van der Waals surface area contributed by atoms with Crippen molar-refractivity contribution >= 4 is 29.2 Å². The molecule has 1 aromatic rings. The third kappa shape index (κ3) is 4.68. The van der Waals surface area contributed by atoms with Gasteiger partial charge in [-0.05, 0) is 38.2 Å². The first-order valence-electron chi connectivity index (χ1n) is 6.35. The van der Waals surface area contributed by atoms with Crippen LogP contribution in [0.15, 0.2) is 18.2 Å². The summed E-state index contributed by atoms with van der Waals surface area (Å²) < 4.78 is 5.29. The molecular weight excluding hydrogens is 285 g/mol. The molecule has 1 aromatic carbocycles. The Hall–Kier alpha value is -0.770. The number of nitrogens with zero attached hydrogens (tertiary/aromatic N) is 1. The molecule has 0 saturated carbocycles. The second kappa shape index (κ2) is 7.73. The Morgan fingerprint density at radius 2 is 1.95 bits per heavy atom. The van der Waals surface area contributed by atoms with Crippen LogP contribution in [0.2, 0.25) is 10.0 Å². The minimum Gasteiger partial charge on any atom is -0.460 e. The van der Waals surface area contributed by atoms with Crippen molar-refractivity contribution in [3.05, 3.63) is 33.8 Å². The lowest BCUT2D eigenvalue weighted by Gasteiger charge is -2.25. The molecule has 0 N–H and O–H groups in total. The number of hydrogen-bond donors (Lipinski definition) is 0. The maximum atomic E-state index is 11.9. The predicted octanol–water partition coefficient (Wildman–Crippen LogP) is 3.88. The van der Waals surface area contributed by atoms with Crippen LogP contribution in [0.4, 0.5) is 0 Å². The molecular formula is C14H19Cl2NO2. The van der Waals surface area contributed by atoms with Crippen molar-refractivity contribution in [2.75, 3.05) is 19.7 Å². The quantitative estimate of drug-likeness (QED) is 0.747. The van der Waals surface area contributed by atoms with Crippen LogP contribution in [0.1, 0.15) is 31.1 Å². The fourth-order valence-electron chi connectivity index (χ4n) is 1.88. The zero-order chi connectivity index (χ0) is 14.4. The first-order chi connectivity index (χ1) is 8.99. The van der Waals surface area contributed by atoms with E-state index < -0.39 is 5.97 Å². The highest BCUT2D eigenvalue weighted by Crippen LogP contribution is 2.21. The molecule has 0 amide bonds. The van der Waals surface area contributed by atoms with Gasteiger partial charge < -0.3 is 4.74 Å². The van der Waals surface area contributed by atoms with Crippen molar-refractivity contribution in [1.82, 2.24) is 4.90 Å². The highest BCUT2D eigenvalue weighted by Gasteiger charge is 2.16. The summed E-state index contributed by atoms with van der Waals surface area (Å²) in [6.07, 6.45) is 0. The summed E-state index contributed by atoms with van der Waals surface area (Å²) in [5, 5.41) is 0.811. The highest BCUT2D eigenvalue weighted by molar-refractivity contribution is 6.36. The van der Waals surface area contributed by atoms with Gasteiger partial charge >= 0.3 is 5.97 Å². The average molecular weight is 304 g/mol. The molecule has 0 radical (unpaired) electrons. The fourth-order valence-corrected chi connectivity index (χ4v) is 2.37. The summed E-state index contributed by atoms with van der Waals surface area (Å²) in [7, 11) is 0.